The molecule has 0 spiro atoms. The summed E-state index contributed by atoms with van der Waals surface area (Å²) in [4.78, 5) is 2.27. The molecule has 0 aromatic heterocycles. The van der Waals surface area contributed by atoms with E-state index in [1.165, 1.54) is 0 Å². The molecule has 12 heavy (non-hydrogen) atoms. The largest absolute Gasteiger partial charge is 0.296 e. The van der Waals surface area contributed by atoms with Gasteiger partial charge in [-0.3, -0.25) is 4.90 Å². The first-order valence-electron chi connectivity index (χ1n) is 3.90. The fourth-order valence-corrected chi connectivity index (χ4v) is 0.896. The summed E-state index contributed by atoms with van der Waals surface area (Å²) in [5.41, 5.74) is 0. The second-order valence-electron chi connectivity index (χ2n) is 2.41. The van der Waals surface area contributed by atoms with Gasteiger partial charge in [0.05, 0.1) is 0 Å². The molecule has 2 heteroatoms. The Morgan fingerprint density at radius 3 is 1.75 bits per heavy atom. The van der Waals surface area contributed by atoms with Gasteiger partial charge in [0.2, 0.25) is 0 Å². The minimum Gasteiger partial charge on any atom is -0.296 e. The van der Waals surface area contributed by atoms with E-state index in [4.69, 9.17) is 0 Å². The summed E-state index contributed by atoms with van der Waals surface area (Å²) in [6, 6.07) is 0. The van der Waals surface area contributed by atoms with Gasteiger partial charge in [0, 0.05) is 19.6 Å². The third kappa shape index (κ3) is 7.58. The molecule has 0 aromatic rings. The molecular weight excluding hydrogens is 170 g/mol. The molecule has 0 heterocycles. The summed E-state index contributed by atoms with van der Waals surface area (Å²) in [7, 11) is 0. The van der Waals surface area contributed by atoms with Crippen molar-refractivity contribution in [3.63, 3.8) is 0 Å². The highest BCUT2D eigenvalue weighted by atomic mass is 35.5. The molecule has 0 unspecified atom stereocenters. The molecule has 0 N–H and O–H groups in total. The van der Waals surface area contributed by atoms with Gasteiger partial charge in [-0.05, 0) is 6.42 Å². The minimum atomic E-state index is 0. The summed E-state index contributed by atoms with van der Waals surface area (Å²) in [6.07, 6.45) is 6.78. The predicted octanol–water partition coefficient (Wildman–Crippen LogP) is 2.66. The van der Waals surface area contributed by atoms with Crippen LogP contribution in [0.2, 0.25) is 0 Å². The quantitative estimate of drug-likeness (QED) is 0.554. The molecular formula is C10H18ClN. The van der Waals surface area contributed by atoms with Gasteiger partial charge < -0.3 is 0 Å². The second-order valence-corrected chi connectivity index (χ2v) is 2.41. The highest BCUT2D eigenvalue weighted by Gasteiger charge is 1.96. The van der Waals surface area contributed by atoms with Gasteiger partial charge in [-0.1, -0.05) is 18.2 Å². The Morgan fingerprint density at radius 1 is 0.917 bits per heavy atom. The smallest absolute Gasteiger partial charge is 0.0164 e. The van der Waals surface area contributed by atoms with Crippen LogP contribution in [0.5, 0.6) is 0 Å². The lowest BCUT2D eigenvalue weighted by Gasteiger charge is -2.16. The third-order valence-corrected chi connectivity index (χ3v) is 1.42. The molecule has 0 fully saturated rings. The second kappa shape index (κ2) is 10.5. The van der Waals surface area contributed by atoms with Crippen LogP contribution in [0.4, 0.5) is 0 Å². The van der Waals surface area contributed by atoms with Crippen LogP contribution in [0, 0.1) is 0 Å². The number of hydrogen-bond acceptors (Lipinski definition) is 1. The number of halogens is 1. The minimum absolute atomic E-state index is 0. The van der Waals surface area contributed by atoms with Crippen LogP contribution in [0.1, 0.15) is 6.42 Å². The van der Waals surface area contributed by atoms with Crippen LogP contribution >= 0.6 is 12.4 Å². The molecule has 0 amide bonds. The molecule has 0 bridgehead atoms. The van der Waals surface area contributed by atoms with Gasteiger partial charge in [0.1, 0.15) is 0 Å². The summed E-state index contributed by atoms with van der Waals surface area (Å²) in [5.74, 6) is 0. The lowest BCUT2D eigenvalue weighted by molar-refractivity contribution is 0.342. The monoisotopic (exact) mass is 187 g/mol. The van der Waals surface area contributed by atoms with E-state index < -0.39 is 0 Å². The van der Waals surface area contributed by atoms with Crippen LogP contribution < -0.4 is 0 Å². The number of rotatable bonds is 7. The Bertz CT molecular complexity index is 122. The van der Waals surface area contributed by atoms with E-state index in [0.717, 1.165) is 26.1 Å². The number of nitrogens with zero attached hydrogens (tertiary/aromatic N) is 1. The molecule has 0 aromatic carbocycles. The average Bonchev–Trinajstić information content (AvgIpc) is 2.01. The van der Waals surface area contributed by atoms with Gasteiger partial charge in [0.15, 0.2) is 0 Å². The molecule has 0 rings (SSSR count). The number of hydrogen-bond donors (Lipinski definition) is 0. The van der Waals surface area contributed by atoms with Crippen LogP contribution in [-0.4, -0.2) is 24.5 Å². The van der Waals surface area contributed by atoms with Crippen molar-refractivity contribution in [2.24, 2.45) is 0 Å². The van der Waals surface area contributed by atoms with Crippen molar-refractivity contribution in [2.75, 3.05) is 19.6 Å². The van der Waals surface area contributed by atoms with Crippen molar-refractivity contribution >= 4 is 12.4 Å². The third-order valence-electron chi connectivity index (χ3n) is 1.42. The van der Waals surface area contributed by atoms with Crippen LogP contribution in [-0.2, 0) is 0 Å². The molecule has 70 valence electrons. The van der Waals surface area contributed by atoms with Crippen molar-refractivity contribution in [3.05, 3.63) is 38.0 Å². The molecule has 1 nitrogen and oxygen atoms in total. The van der Waals surface area contributed by atoms with Crippen molar-refractivity contribution in [2.45, 2.75) is 6.42 Å². The normalized spacial score (nSPS) is 8.75. The zero-order valence-electron chi connectivity index (χ0n) is 7.54. The summed E-state index contributed by atoms with van der Waals surface area (Å²) >= 11 is 0. The first-order chi connectivity index (χ1) is 5.35. The van der Waals surface area contributed by atoms with Gasteiger partial charge >= 0.3 is 0 Å². The van der Waals surface area contributed by atoms with E-state index in [1.807, 2.05) is 18.2 Å². The van der Waals surface area contributed by atoms with Crippen molar-refractivity contribution in [1.29, 1.82) is 0 Å². The van der Waals surface area contributed by atoms with Crippen LogP contribution in [0.25, 0.3) is 0 Å². The lowest BCUT2D eigenvalue weighted by atomic mass is 10.3. The van der Waals surface area contributed by atoms with Gasteiger partial charge in [-0.25, -0.2) is 0 Å². The summed E-state index contributed by atoms with van der Waals surface area (Å²) in [5, 5.41) is 0. The van der Waals surface area contributed by atoms with Gasteiger partial charge in [0.25, 0.3) is 0 Å². The zero-order chi connectivity index (χ0) is 8.53. The van der Waals surface area contributed by atoms with E-state index in [-0.39, 0.29) is 12.4 Å². The molecule has 0 aliphatic heterocycles. The Balaban J connectivity index is 0. The average molecular weight is 188 g/mol. The summed E-state index contributed by atoms with van der Waals surface area (Å²) < 4.78 is 0. The van der Waals surface area contributed by atoms with E-state index in [2.05, 4.69) is 24.6 Å². The first-order valence-corrected chi connectivity index (χ1v) is 3.90. The van der Waals surface area contributed by atoms with Gasteiger partial charge in [-0.2, -0.15) is 0 Å². The lowest BCUT2D eigenvalue weighted by Crippen LogP contribution is -2.24. The molecule has 0 saturated heterocycles. The van der Waals surface area contributed by atoms with E-state index >= 15 is 0 Å². The Hall–Kier alpha value is -0.530. The maximum absolute atomic E-state index is 3.69. The van der Waals surface area contributed by atoms with E-state index in [9.17, 15) is 0 Å². The van der Waals surface area contributed by atoms with Crippen LogP contribution in [0.3, 0.4) is 0 Å². The molecule has 0 aliphatic carbocycles. The molecule has 0 saturated carbocycles. The standard InChI is InChI=1S/C10H17N.ClH/c1-4-7-10-11(8-5-2)9-6-3;/h4-6H,1-3,7-10H2;1H. The highest BCUT2D eigenvalue weighted by molar-refractivity contribution is 5.85. The van der Waals surface area contributed by atoms with Crippen molar-refractivity contribution < 1.29 is 0 Å². The molecule has 0 radical (unpaired) electrons. The first kappa shape index (κ1) is 14.0. The topological polar surface area (TPSA) is 3.24 Å². The van der Waals surface area contributed by atoms with Gasteiger partial charge in [-0.15, -0.1) is 32.1 Å². The Labute approximate surface area is 81.9 Å². The SMILES string of the molecule is C=CCCN(CC=C)CC=C.Cl. The van der Waals surface area contributed by atoms with E-state index in [1.54, 1.807) is 0 Å². The fourth-order valence-electron chi connectivity index (χ4n) is 0.896. The fraction of sp³-hybridized carbons (Fsp3) is 0.400. The van der Waals surface area contributed by atoms with E-state index in [0.29, 0.717) is 0 Å². The maximum atomic E-state index is 3.69. The highest BCUT2D eigenvalue weighted by Crippen LogP contribution is 1.92. The molecule has 0 aliphatic rings. The summed E-state index contributed by atoms with van der Waals surface area (Å²) in [6.45, 7) is 14.0. The maximum Gasteiger partial charge on any atom is 0.0164 e. The Kier molecular flexibility index (Phi) is 12.2. The van der Waals surface area contributed by atoms with Crippen molar-refractivity contribution in [1.82, 2.24) is 4.90 Å². The van der Waals surface area contributed by atoms with Crippen LogP contribution in [0.15, 0.2) is 38.0 Å². The predicted molar refractivity (Wildman–Crippen MR) is 58.9 cm³/mol. The Morgan fingerprint density at radius 2 is 1.42 bits per heavy atom. The zero-order valence-corrected chi connectivity index (χ0v) is 8.35. The molecule has 0 atom stereocenters. The van der Waals surface area contributed by atoms with Crippen molar-refractivity contribution in [3.8, 4) is 0 Å².